The number of anilines is 3. The first kappa shape index (κ1) is 18.3. The van der Waals surface area contributed by atoms with Crippen LogP contribution in [-0.4, -0.2) is 10.9 Å². The van der Waals surface area contributed by atoms with Crippen molar-refractivity contribution in [1.82, 2.24) is 4.98 Å². The molecule has 0 radical (unpaired) electrons. The van der Waals surface area contributed by atoms with Crippen LogP contribution in [0.5, 0.6) is 0 Å². The van der Waals surface area contributed by atoms with Gasteiger partial charge in [0.15, 0.2) is 29.1 Å². The minimum atomic E-state index is -1.75. The van der Waals surface area contributed by atoms with Gasteiger partial charge < -0.3 is 10.6 Å². The Hall–Kier alpha value is -3.49. The molecule has 4 nitrogen and oxygen atoms in total. The van der Waals surface area contributed by atoms with Crippen LogP contribution in [0.15, 0.2) is 48.7 Å². The highest BCUT2D eigenvalue weighted by Crippen LogP contribution is 2.20. The summed E-state index contributed by atoms with van der Waals surface area (Å²) in [6, 6.07) is 7.48. The zero-order valence-corrected chi connectivity index (χ0v) is 13.4. The lowest BCUT2D eigenvalue weighted by atomic mass is 10.2. The number of pyridine rings is 1. The van der Waals surface area contributed by atoms with Gasteiger partial charge in [-0.3, -0.25) is 4.79 Å². The Kier molecular flexibility index (Phi) is 5.02. The zero-order chi connectivity index (χ0) is 19.6. The molecule has 1 amide bonds. The first-order valence-electron chi connectivity index (χ1n) is 7.48. The van der Waals surface area contributed by atoms with Crippen LogP contribution < -0.4 is 10.6 Å². The number of carbonyl (C=O) groups excluding carboxylic acids is 1. The van der Waals surface area contributed by atoms with Crippen molar-refractivity contribution in [2.75, 3.05) is 10.6 Å². The summed E-state index contributed by atoms with van der Waals surface area (Å²) < 4.78 is 65.8. The van der Waals surface area contributed by atoms with Gasteiger partial charge >= 0.3 is 0 Å². The molecule has 0 atom stereocenters. The first-order chi connectivity index (χ1) is 12.8. The van der Waals surface area contributed by atoms with Gasteiger partial charge in [-0.1, -0.05) is 0 Å². The number of aromatic nitrogens is 1. The molecule has 2 aromatic carbocycles. The Balaban J connectivity index is 1.71. The van der Waals surface area contributed by atoms with E-state index in [4.69, 9.17) is 0 Å². The molecule has 27 heavy (non-hydrogen) atoms. The molecule has 0 aliphatic rings. The van der Waals surface area contributed by atoms with Gasteiger partial charge in [-0.2, -0.15) is 0 Å². The fourth-order valence-corrected chi connectivity index (χ4v) is 2.17. The predicted octanol–water partition coefficient (Wildman–Crippen LogP) is 4.77. The maximum absolute atomic E-state index is 13.6. The van der Waals surface area contributed by atoms with Gasteiger partial charge in [-0.05, 0) is 36.4 Å². The number of halogens is 5. The van der Waals surface area contributed by atoms with Crippen molar-refractivity contribution in [3.05, 3.63) is 83.3 Å². The van der Waals surface area contributed by atoms with E-state index in [0.29, 0.717) is 11.8 Å². The molecule has 0 fully saturated rings. The van der Waals surface area contributed by atoms with E-state index >= 15 is 0 Å². The Morgan fingerprint density at radius 2 is 1.48 bits per heavy atom. The van der Waals surface area contributed by atoms with Crippen LogP contribution in [0.2, 0.25) is 0 Å². The summed E-state index contributed by atoms with van der Waals surface area (Å²) in [5.41, 5.74) is -0.00551. The number of nitrogens with zero attached hydrogens (tertiary/aromatic N) is 1. The molecule has 0 saturated heterocycles. The van der Waals surface area contributed by atoms with Gasteiger partial charge in [0, 0.05) is 11.8 Å². The summed E-state index contributed by atoms with van der Waals surface area (Å²) in [6.45, 7) is 0. The Morgan fingerprint density at radius 1 is 0.778 bits per heavy atom. The third-order valence-electron chi connectivity index (χ3n) is 3.49. The maximum atomic E-state index is 13.6. The topological polar surface area (TPSA) is 54.0 Å². The van der Waals surface area contributed by atoms with E-state index in [-0.39, 0.29) is 11.5 Å². The number of benzene rings is 2. The van der Waals surface area contributed by atoms with Crippen LogP contribution >= 0.6 is 0 Å². The average Bonchev–Trinajstić information content (AvgIpc) is 2.64. The minimum absolute atomic E-state index is 0.0139. The van der Waals surface area contributed by atoms with Gasteiger partial charge in [0.2, 0.25) is 0 Å². The number of carbonyl (C=O) groups is 1. The predicted molar refractivity (Wildman–Crippen MR) is 88.1 cm³/mol. The number of nitrogens with one attached hydrogen (secondary N) is 2. The second-order valence-electron chi connectivity index (χ2n) is 5.36. The van der Waals surface area contributed by atoms with Crippen molar-refractivity contribution < 1.29 is 26.7 Å². The van der Waals surface area contributed by atoms with Gasteiger partial charge in [-0.15, -0.1) is 0 Å². The fraction of sp³-hybridized carbons (Fsp3) is 0. The highest BCUT2D eigenvalue weighted by Gasteiger charge is 2.19. The third-order valence-corrected chi connectivity index (χ3v) is 3.49. The molecule has 0 aliphatic heterocycles. The molecule has 3 rings (SSSR count). The maximum Gasteiger partial charge on any atom is 0.259 e. The van der Waals surface area contributed by atoms with Crippen molar-refractivity contribution >= 4 is 23.1 Å². The van der Waals surface area contributed by atoms with Crippen molar-refractivity contribution in [3.8, 4) is 0 Å². The van der Waals surface area contributed by atoms with Gasteiger partial charge in [0.05, 0.1) is 17.4 Å². The van der Waals surface area contributed by atoms with Gasteiger partial charge in [0.25, 0.3) is 5.91 Å². The molecule has 3 aromatic rings. The third kappa shape index (κ3) is 4.02. The SMILES string of the molecule is O=C(Nc1ccc(Nc2ccc(F)c(F)c2)cn1)c1ccc(F)c(F)c1F. The van der Waals surface area contributed by atoms with Crippen molar-refractivity contribution in [2.24, 2.45) is 0 Å². The monoisotopic (exact) mass is 379 g/mol. The summed E-state index contributed by atoms with van der Waals surface area (Å²) in [5.74, 6) is -7.77. The largest absolute Gasteiger partial charge is 0.354 e. The van der Waals surface area contributed by atoms with E-state index in [2.05, 4.69) is 15.6 Å². The van der Waals surface area contributed by atoms with E-state index in [1.54, 1.807) is 0 Å². The summed E-state index contributed by atoms with van der Waals surface area (Å²) in [7, 11) is 0. The number of amides is 1. The van der Waals surface area contributed by atoms with Crippen LogP contribution in [0, 0.1) is 29.1 Å². The molecular formula is C18H10F5N3O. The first-order valence-corrected chi connectivity index (χ1v) is 7.48. The van der Waals surface area contributed by atoms with E-state index < -0.39 is 40.6 Å². The normalized spacial score (nSPS) is 10.6. The lowest BCUT2D eigenvalue weighted by Crippen LogP contribution is -2.16. The van der Waals surface area contributed by atoms with Crippen molar-refractivity contribution in [3.63, 3.8) is 0 Å². The van der Waals surface area contributed by atoms with Gasteiger partial charge in [-0.25, -0.2) is 26.9 Å². The van der Waals surface area contributed by atoms with E-state index in [1.807, 2.05) is 0 Å². The molecule has 0 bridgehead atoms. The molecule has 0 spiro atoms. The highest BCUT2D eigenvalue weighted by atomic mass is 19.2. The van der Waals surface area contributed by atoms with E-state index in [9.17, 15) is 26.7 Å². The molecule has 1 heterocycles. The standard InChI is InChI=1S/C18H10F5N3O/c19-12-4-1-9(7-14(12)21)25-10-2-6-15(24-8-10)26-18(27)11-3-5-13(20)17(23)16(11)22/h1-8,25H,(H,24,26,27). The molecule has 0 aliphatic carbocycles. The summed E-state index contributed by atoms with van der Waals surface area (Å²) in [4.78, 5) is 15.9. The molecular weight excluding hydrogens is 369 g/mol. The summed E-state index contributed by atoms with van der Waals surface area (Å²) in [6.07, 6.45) is 1.28. The smallest absolute Gasteiger partial charge is 0.259 e. The molecule has 1 aromatic heterocycles. The number of hydrogen-bond donors (Lipinski definition) is 2. The highest BCUT2D eigenvalue weighted by molar-refractivity contribution is 6.04. The number of hydrogen-bond acceptors (Lipinski definition) is 3. The Morgan fingerprint density at radius 3 is 2.15 bits per heavy atom. The number of rotatable bonds is 4. The molecule has 2 N–H and O–H groups in total. The minimum Gasteiger partial charge on any atom is -0.354 e. The lowest BCUT2D eigenvalue weighted by molar-refractivity contribution is 0.102. The van der Waals surface area contributed by atoms with Crippen LogP contribution in [-0.2, 0) is 0 Å². The lowest BCUT2D eigenvalue weighted by Gasteiger charge is -2.09. The summed E-state index contributed by atoms with van der Waals surface area (Å²) in [5, 5.41) is 5.01. The molecule has 9 heteroatoms. The van der Waals surface area contributed by atoms with Crippen LogP contribution in [0.3, 0.4) is 0 Å². The fourth-order valence-electron chi connectivity index (χ4n) is 2.17. The van der Waals surface area contributed by atoms with Crippen LogP contribution in [0.4, 0.5) is 39.1 Å². The Bertz CT molecular complexity index is 1010. The Labute approximate surface area is 149 Å². The van der Waals surface area contributed by atoms with Crippen molar-refractivity contribution in [1.29, 1.82) is 0 Å². The van der Waals surface area contributed by atoms with Crippen LogP contribution in [0.1, 0.15) is 10.4 Å². The second-order valence-corrected chi connectivity index (χ2v) is 5.36. The van der Waals surface area contributed by atoms with E-state index in [0.717, 1.165) is 18.2 Å². The van der Waals surface area contributed by atoms with Crippen molar-refractivity contribution in [2.45, 2.75) is 0 Å². The second kappa shape index (κ2) is 7.40. The van der Waals surface area contributed by atoms with Gasteiger partial charge in [0.1, 0.15) is 5.82 Å². The zero-order valence-electron chi connectivity index (χ0n) is 13.4. The molecule has 0 saturated carbocycles. The average molecular weight is 379 g/mol. The molecule has 0 unspecified atom stereocenters. The quantitative estimate of drug-likeness (QED) is 0.507. The van der Waals surface area contributed by atoms with Crippen LogP contribution in [0.25, 0.3) is 0 Å². The molecule has 138 valence electrons. The van der Waals surface area contributed by atoms with E-state index in [1.165, 1.54) is 24.4 Å². The summed E-state index contributed by atoms with van der Waals surface area (Å²) >= 11 is 0.